The van der Waals surface area contributed by atoms with E-state index in [0.29, 0.717) is 17.3 Å². The molecule has 1 aromatic rings. The molecule has 0 saturated heterocycles. The van der Waals surface area contributed by atoms with E-state index in [1.165, 1.54) is 36.0 Å². The summed E-state index contributed by atoms with van der Waals surface area (Å²) in [5, 5.41) is 0. The summed E-state index contributed by atoms with van der Waals surface area (Å²) < 4.78 is 0. The lowest BCUT2D eigenvalue weighted by Gasteiger charge is -2.41. The van der Waals surface area contributed by atoms with Crippen molar-refractivity contribution in [3.63, 3.8) is 0 Å². The van der Waals surface area contributed by atoms with Gasteiger partial charge in [0.15, 0.2) is 0 Å². The van der Waals surface area contributed by atoms with Gasteiger partial charge in [-0.2, -0.15) is 0 Å². The van der Waals surface area contributed by atoms with E-state index in [9.17, 15) is 0 Å². The highest BCUT2D eigenvalue weighted by Crippen LogP contribution is 2.46. The summed E-state index contributed by atoms with van der Waals surface area (Å²) in [7, 11) is 0. The van der Waals surface area contributed by atoms with E-state index in [4.69, 9.17) is 5.73 Å². The highest BCUT2D eigenvalue weighted by molar-refractivity contribution is 5.32. The fraction of sp³-hybridized carbons (Fsp3) is 0.647. The molecule has 1 aromatic carbocycles. The molecule has 0 aromatic heterocycles. The van der Waals surface area contributed by atoms with Crippen LogP contribution < -0.4 is 5.73 Å². The first-order valence-electron chi connectivity index (χ1n) is 7.20. The van der Waals surface area contributed by atoms with Crippen LogP contribution in [0.25, 0.3) is 0 Å². The number of rotatable bonds is 2. The van der Waals surface area contributed by atoms with Crippen molar-refractivity contribution in [1.82, 2.24) is 0 Å². The van der Waals surface area contributed by atoms with Crippen LogP contribution in [0.1, 0.15) is 55.7 Å². The third-order valence-electron chi connectivity index (χ3n) is 4.80. The van der Waals surface area contributed by atoms with Gasteiger partial charge in [-0.1, -0.05) is 32.0 Å². The van der Waals surface area contributed by atoms with Crippen LogP contribution in [0.3, 0.4) is 0 Å². The Morgan fingerprint density at radius 2 is 1.94 bits per heavy atom. The van der Waals surface area contributed by atoms with Gasteiger partial charge in [0.25, 0.3) is 0 Å². The van der Waals surface area contributed by atoms with Gasteiger partial charge in [0.1, 0.15) is 0 Å². The minimum absolute atomic E-state index is 0.467. The second kappa shape index (κ2) is 5.05. The van der Waals surface area contributed by atoms with E-state index in [0.717, 1.165) is 6.54 Å². The maximum absolute atomic E-state index is 5.99. The Labute approximate surface area is 112 Å². The predicted molar refractivity (Wildman–Crippen MR) is 78.8 cm³/mol. The topological polar surface area (TPSA) is 26.0 Å². The molecule has 2 rings (SSSR count). The van der Waals surface area contributed by atoms with Crippen LogP contribution >= 0.6 is 0 Å². The maximum atomic E-state index is 5.99. The number of nitrogens with two attached hydrogens (primary N) is 1. The summed E-state index contributed by atoms with van der Waals surface area (Å²) in [6, 6.07) is 6.96. The predicted octanol–water partition coefficient (Wildman–Crippen LogP) is 4.17. The fourth-order valence-corrected chi connectivity index (χ4v) is 3.31. The standard InChI is InChI=1S/C17H27N/c1-12-5-6-14(9-13(12)2)16-10-17(3,4)8-7-15(16)11-18/h5-6,9,15-16H,7-8,10-11,18H2,1-4H3. The first kappa shape index (κ1) is 13.6. The van der Waals surface area contributed by atoms with E-state index in [2.05, 4.69) is 45.9 Å². The van der Waals surface area contributed by atoms with Gasteiger partial charge in [-0.05, 0) is 73.6 Å². The van der Waals surface area contributed by atoms with Crippen molar-refractivity contribution < 1.29 is 0 Å². The van der Waals surface area contributed by atoms with Crippen molar-refractivity contribution in [2.24, 2.45) is 17.1 Å². The summed E-state index contributed by atoms with van der Waals surface area (Å²) in [6.07, 6.45) is 3.87. The number of aryl methyl sites for hydroxylation is 2. The molecule has 0 aliphatic heterocycles. The van der Waals surface area contributed by atoms with E-state index in [1.54, 1.807) is 0 Å². The number of hydrogen-bond donors (Lipinski definition) is 1. The van der Waals surface area contributed by atoms with Crippen LogP contribution in [0.15, 0.2) is 18.2 Å². The molecule has 0 heterocycles. The summed E-state index contributed by atoms with van der Waals surface area (Å²) in [6.45, 7) is 10.0. The smallest absolute Gasteiger partial charge is 0.00430 e. The first-order chi connectivity index (χ1) is 8.43. The van der Waals surface area contributed by atoms with Gasteiger partial charge in [-0.25, -0.2) is 0 Å². The molecular formula is C17H27N. The van der Waals surface area contributed by atoms with Crippen LogP contribution in [-0.4, -0.2) is 6.54 Å². The highest BCUT2D eigenvalue weighted by Gasteiger charge is 2.34. The van der Waals surface area contributed by atoms with Crippen LogP contribution in [0.4, 0.5) is 0 Å². The largest absolute Gasteiger partial charge is 0.330 e. The molecule has 1 heteroatoms. The highest BCUT2D eigenvalue weighted by atomic mass is 14.6. The lowest BCUT2D eigenvalue weighted by molar-refractivity contribution is 0.165. The Morgan fingerprint density at radius 1 is 1.22 bits per heavy atom. The Kier molecular flexibility index (Phi) is 3.82. The molecule has 2 N–H and O–H groups in total. The minimum Gasteiger partial charge on any atom is -0.330 e. The Bertz CT molecular complexity index is 420. The molecule has 0 bridgehead atoms. The van der Waals surface area contributed by atoms with Crippen molar-refractivity contribution in [3.05, 3.63) is 34.9 Å². The van der Waals surface area contributed by atoms with Crippen molar-refractivity contribution in [3.8, 4) is 0 Å². The molecule has 2 unspecified atom stereocenters. The van der Waals surface area contributed by atoms with E-state index >= 15 is 0 Å². The maximum Gasteiger partial charge on any atom is -0.00430 e. The van der Waals surface area contributed by atoms with Gasteiger partial charge in [0, 0.05) is 0 Å². The van der Waals surface area contributed by atoms with Crippen molar-refractivity contribution >= 4 is 0 Å². The molecule has 1 fully saturated rings. The lowest BCUT2D eigenvalue weighted by atomic mass is 9.65. The van der Waals surface area contributed by atoms with Crippen LogP contribution in [0, 0.1) is 25.2 Å². The molecule has 18 heavy (non-hydrogen) atoms. The third-order valence-corrected chi connectivity index (χ3v) is 4.80. The van der Waals surface area contributed by atoms with Gasteiger partial charge in [-0.15, -0.1) is 0 Å². The van der Waals surface area contributed by atoms with Crippen LogP contribution in [0.5, 0.6) is 0 Å². The van der Waals surface area contributed by atoms with E-state index < -0.39 is 0 Å². The molecular weight excluding hydrogens is 218 g/mol. The molecule has 1 aliphatic rings. The molecule has 100 valence electrons. The minimum atomic E-state index is 0.467. The summed E-state index contributed by atoms with van der Waals surface area (Å²) >= 11 is 0. The summed E-state index contributed by atoms with van der Waals surface area (Å²) in [5.74, 6) is 1.32. The van der Waals surface area contributed by atoms with Crippen molar-refractivity contribution in [2.75, 3.05) is 6.54 Å². The third kappa shape index (κ3) is 2.77. The Hall–Kier alpha value is -0.820. The van der Waals surface area contributed by atoms with Crippen molar-refractivity contribution in [2.45, 2.75) is 52.9 Å². The molecule has 1 nitrogen and oxygen atoms in total. The average molecular weight is 245 g/mol. The van der Waals surface area contributed by atoms with E-state index in [1.807, 2.05) is 0 Å². The number of benzene rings is 1. The Balaban J connectivity index is 2.29. The van der Waals surface area contributed by atoms with Gasteiger partial charge < -0.3 is 5.73 Å². The number of hydrogen-bond acceptors (Lipinski definition) is 1. The molecule has 0 amide bonds. The molecule has 0 radical (unpaired) electrons. The summed E-state index contributed by atoms with van der Waals surface area (Å²) in [4.78, 5) is 0. The van der Waals surface area contributed by atoms with Gasteiger partial charge in [0.05, 0.1) is 0 Å². The van der Waals surface area contributed by atoms with Crippen LogP contribution in [-0.2, 0) is 0 Å². The molecule has 0 spiro atoms. The molecule has 2 atom stereocenters. The monoisotopic (exact) mass is 245 g/mol. The Morgan fingerprint density at radius 3 is 2.56 bits per heavy atom. The van der Waals surface area contributed by atoms with Crippen LogP contribution in [0.2, 0.25) is 0 Å². The zero-order valence-corrected chi connectivity index (χ0v) is 12.3. The quantitative estimate of drug-likeness (QED) is 0.831. The molecule has 1 aliphatic carbocycles. The zero-order valence-electron chi connectivity index (χ0n) is 12.3. The second-order valence-corrected chi connectivity index (χ2v) is 6.85. The fourth-order valence-electron chi connectivity index (χ4n) is 3.31. The SMILES string of the molecule is Cc1ccc(C2CC(C)(C)CCC2CN)cc1C. The van der Waals surface area contributed by atoms with E-state index in [-0.39, 0.29) is 0 Å². The van der Waals surface area contributed by atoms with Crippen molar-refractivity contribution in [1.29, 1.82) is 0 Å². The second-order valence-electron chi connectivity index (χ2n) is 6.85. The van der Waals surface area contributed by atoms with Gasteiger partial charge >= 0.3 is 0 Å². The van der Waals surface area contributed by atoms with Gasteiger partial charge in [0.2, 0.25) is 0 Å². The van der Waals surface area contributed by atoms with Gasteiger partial charge in [-0.3, -0.25) is 0 Å². The molecule has 1 saturated carbocycles. The first-order valence-corrected chi connectivity index (χ1v) is 7.20. The normalized spacial score (nSPS) is 27.2. The lowest BCUT2D eigenvalue weighted by Crippen LogP contribution is -2.32. The summed E-state index contributed by atoms with van der Waals surface area (Å²) in [5.41, 5.74) is 10.8. The average Bonchev–Trinajstić information content (AvgIpc) is 2.32. The zero-order chi connectivity index (χ0) is 13.3.